The summed E-state index contributed by atoms with van der Waals surface area (Å²) in [5.74, 6) is 0.232. The Labute approximate surface area is 160 Å². The number of carbonyl (C=O) groups excluding carboxylic acids is 1. The molecule has 0 bridgehead atoms. The summed E-state index contributed by atoms with van der Waals surface area (Å²) in [4.78, 5) is 16.8. The molecular weight excluding hydrogens is 346 g/mol. The Morgan fingerprint density at radius 3 is 2.38 bits per heavy atom. The van der Waals surface area contributed by atoms with Gasteiger partial charge in [-0.3, -0.25) is 9.69 Å². The molecule has 5 heteroatoms. The van der Waals surface area contributed by atoms with Crippen LogP contribution in [0, 0.1) is 0 Å². The van der Waals surface area contributed by atoms with E-state index in [0.29, 0.717) is 19.5 Å². The van der Waals surface area contributed by atoms with Gasteiger partial charge in [0.05, 0.1) is 0 Å². The molecule has 1 fully saturated rings. The van der Waals surface area contributed by atoms with Gasteiger partial charge in [-0.15, -0.1) is 0 Å². The van der Waals surface area contributed by atoms with Crippen molar-refractivity contribution in [1.29, 1.82) is 0 Å². The van der Waals surface area contributed by atoms with Crippen molar-refractivity contribution in [3.8, 4) is 0 Å². The van der Waals surface area contributed by atoms with Crippen LogP contribution in [0.2, 0.25) is 5.02 Å². The Morgan fingerprint density at radius 1 is 0.962 bits per heavy atom. The molecule has 0 atom stereocenters. The van der Waals surface area contributed by atoms with E-state index in [1.807, 2.05) is 35.2 Å². The molecule has 0 saturated carbocycles. The standard InChI is InChI=1S/C21H26ClN3O/c22-20-9-5-4-8-19(20)16-23-11-10-21(26)25-14-12-24(13-15-25)17-18-6-2-1-3-7-18/h1-9,23H,10-17H2. The van der Waals surface area contributed by atoms with Crippen LogP contribution in [0.5, 0.6) is 0 Å². The van der Waals surface area contributed by atoms with Crippen LogP contribution in [0.4, 0.5) is 0 Å². The van der Waals surface area contributed by atoms with Gasteiger partial charge < -0.3 is 10.2 Å². The second-order valence-electron chi connectivity index (χ2n) is 6.66. The quantitative estimate of drug-likeness (QED) is 0.759. The van der Waals surface area contributed by atoms with E-state index in [9.17, 15) is 4.79 Å². The summed E-state index contributed by atoms with van der Waals surface area (Å²) in [6.45, 7) is 5.84. The maximum absolute atomic E-state index is 12.4. The van der Waals surface area contributed by atoms with Gasteiger partial charge in [-0.05, 0) is 17.2 Å². The van der Waals surface area contributed by atoms with Crippen molar-refractivity contribution in [3.63, 3.8) is 0 Å². The third kappa shape index (κ3) is 5.56. The highest BCUT2D eigenvalue weighted by Gasteiger charge is 2.20. The Morgan fingerprint density at radius 2 is 1.65 bits per heavy atom. The highest BCUT2D eigenvalue weighted by molar-refractivity contribution is 6.31. The molecule has 0 radical (unpaired) electrons. The first-order chi connectivity index (χ1) is 12.7. The normalized spacial score (nSPS) is 15.2. The van der Waals surface area contributed by atoms with E-state index in [1.54, 1.807) is 0 Å². The lowest BCUT2D eigenvalue weighted by Crippen LogP contribution is -2.48. The first kappa shape index (κ1) is 18.9. The van der Waals surface area contributed by atoms with E-state index in [1.165, 1.54) is 5.56 Å². The number of halogens is 1. The SMILES string of the molecule is O=C(CCNCc1ccccc1Cl)N1CCN(Cc2ccccc2)CC1. The summed E-state index contributed by atoms with van der Waals surface area (Å²) < 4.78 is 0. The number of hydrogen-bond acceptors (Lipinski definition) is 3. The van der Waals surface area contributed by atoms with Gasteiger partial charge in [-0.25, -0.2) is 0 Å². The lowest BCUT2D eigenvalue weighted by Gasteiger charge is -2.34. The number of nitrogens with one attached hydrogen (secondary N) is 1. The lowest BCUT2D eigenvalue weighted by atomic mass is 10.2. The number of rotatable bonds is 7. The third-order valence-corrected chi connectivity index (χ3v) is 5.13. The molecule has 138 valence electrons. The van der Waals surface area contributed by atoms with Crippen LogP contribution in [0.1, 0.15) is 17.5 Å². The minimum Gasteiger partial charge on any atom is -0.340 e. The molecule has 1 amide bonds. The largest absolute Gasteiger partial charge is 0.340 e. The topological polar surface area (TPSA) is 35.6 Å². The van der Waals surface area contributed by atoms with Gasteiger partial charge in [0.15, 0.2) is 0 Å². The number of benzene rings is 2. The molecule has 0 aromatic heterocycles. The van der Waals surface area contributed by atoms with Crippen LogP contribution < -0.4 is 5.32 Å². The molecule has 1 N–H and O–H groups in total. The zero-order valence-corrected chi connectivity index (χ0v) is 15.8. The third-order valence-electron chi connectivity index (χ3n) is 4.76. The molecule has 0 unspecified atom stereocenters. The lowest BCUT2D eigenvalue weighted by molar-refractivity contribution is -0.132. The number of carbonyl (C=O) groups is 1. The van der Waals surface area contributed by atoms with Gasteiger partial charge in [0.25, 0.3) is 0 Å². The maximum atomic E-state index is 12.4. The summed E-state index contributed by atoms with van der Waals surface area (Å²) in [5, 5.41) is 4.08. The molecule has 0 aliphatic carbocycles. The minimum atomic E-state index is 0.232. The molecule has 0 spiro atoms. The van der Waals surface area contributed by atoms with Crippen LogP contribution in [0.15, 0.2) is 54.6 Å². The average molecular weight is 372 g/mol. The fourth-order valence-corrected chi connectivity index (χ4v) is 3.42. The van der Waals surface area contributed by atoms with Crippen LogP contribution in [0.25, 0.3) is 0 Å². The second-order valence-corrected chi connectivity index (χ2v) is 7.07. The predicted molar refractivity (Wildman–Crippen MR) is 106 cm³/mol. The molecular formula is C21H26ClN3O. The van der Waals surface area contributed by atoms with E-state index in [4.69, 9.17) is 11.6 Å². The maximum Gasteiger partial charge on any atom is 0.223 e. The fraction of sp³-hybridized carbons (Fsp3) is 0.381. The van der Waals surface area contributed by atoms with Crippen molar-refractivity contribution in [3.05, 3.63) is 70.7 Å². The number of hydrogen-bond donors (Lipinski definition) is 1. The molecule has 3 rings (SSSR count). The van der Waals surface area contributed by atoms with Crippen molar-refractivity contribution < 1.29 is 4.79 Å². The monoisotopic (exact) mass is 371 g/mol. The van der Waals surface area contributed by atoms with Gasteiger partial charge in [0.2, 0.25) is 5.91 Å². The number of piperazine rings is 1. The molecule has 26 heavy (non-hydrogen) atoms. The van der Waals surface area contributed by atoms with Gasteiger partial charge >= 0.3 is 0 Å². The minimum absolute atomic E-state index is 0.232. The molecule has 1 saturated heterocycles. The first-order valence-corrected chi connectivity index (χ1v) is 9.58. The molecule has 1 aliphatic rings. The van der Waals surface area contributed by atoms with E-state index in [2.05, 4.69) is 34.5 Å². The van der Waals surface area contributed by atoms with Gasteiger partial charge in [-0.2, -0.15) is 0 Å². The first-order valence-electron chi connectivity index (χ1n) is 9.20. The smallest absolute Gasteiger partial charge is 0.223 e. The summed E-state index contributed by atoms with van der Waals surface area (Å²) >= 11 is 6.14. The Balaban J connectivity index is 1.34. The highest BCUT2D eigenvalue weighted by atomic mass is 35.5. The van der Waals surface area contributed by atoms with E-state index in [-0.39, 0.29) is 5.91 Å². The zero-order chi connectivity index (χ0) is 18.2. The molecule has 2 aromatic carbocycles. The number of amides is 1. The van der Waals surface area contributed by atoms with Crippen LogP contribution >= 0.6 is 11.6 Å². The van der Waals surface area contributed by atoms with Crippen molar-refractivity contribution in [1.82, 2.24) is 15.1 Å². The molecule has 1 heterocycles. The summed E-state index contributed by atoms with van der Waals surface area (Å²) in [7, 11) is 0. The van der Waals surface area contributed by atoms with Crippen molar-refractivity contribution >= 4 is 17.5 Å². The van der Waals surface area contributed by atoms with E-state index >= 15 is 0 Å². The highest BCUT2D eigenvalue weighted by Crippen LogP contribution is 2.14. The molecule has 4 nitrogen and oxygen atoms in total. The summed E-state index contributed by atoms with van der Waals surface area (Å²) in [5.41, 5.74) is 2.40. The summed E-state index contributed by atoms with van der Waals surface area (Å²) in [6, 6.07) is 18.3. The summed E-state index contributed by atoms with van der Waals surface area (Å²) in [6.07, 6.45) is 0.531. The Hall–Kier alpha value is -1.88. The van der Waals surface area contributed by atoms with Crippen LogP contribution in [0.3, 0.4) is 0 Å². The van der Waals surface area contributed by atoms with Gasteiger partial charge in [-0.1, -0.05) is 60.1 Å². The fourth-order valence-electron chi connectivity index (χ4n) is 3.22. The van der Waals surface area contributed by atoms with Crippen LogP contribution in [-0.2, 0) is 17.9 Å². The molecule has 1 aliphatic heterocycles. The van der Waals surface area contributed by atoms with Crippen molar-refractivity contribution in [2.24, 2.45) is 0 Å². The van der Waals surface area contributed by atoms with Crippen molar-refractivity contribution in [2.45, 2.75) is 19.5 Å². The van der Waals surface area contributed by atoms with Crippen LogP contribution in [-0.4, -0.2) is 48.4 Å². The van der Waals surface area contributed by atoms with Gasteiger partial charge in [0.1, 0.15) is 0 Å². The van der Waals surface area contributed by atoms with Crippen molar-refractivity contribution in [2.75, 3.05) is 32.7 Å². The van der Waals surface area contributed by atoms with E-state index in [0.717, 1.165) is 43.3 Å². The van der Waals surface area contributed by atoms with Gasteiger partial charge in [0, 0.05) is 57.3 Å². The number of nitrogens with zero attached hydrogens (tertiary/aromatic N) is 2. The average Bonchev–Trinajstić information content (AvgIpc) is 2.68. The molecule has 2 aromatic rings. The Kier molecular flexibility index (Phi) is 7.06. The van der Waals surface area contributed by atoms with E-state index < -0.39 is 0 Å². The zero-order valence-electron chi connectivity index (χ0n) is 15.0. The predicted octanol–water partition coefficient (Wildman–Crippen LogP) is 3.16. The Bertz CT molecular complexity index is 699. The second kappa shape index (κ2) is 9.72.